The molecule has 0 saturated carbocycles. The summed E-state index contributed by atoms with van der Waals surface area (Å²) in [4.78, 5) is 12.3. The average Bonchev–Trinajstić information content (AvgIpc) is 2.69. The predicted octanol–water partition coefficient (Wildman–Crippen LogP) is 6.84. The lowest BCUT2D eigenvalue weighted by Gasteiger charge is -2.52. The van der Waals surface area contributed by atoms with Crippen LogP contribution in [-0.2, 0) is 27.9 Å². The number of hydrogen-bond acceptors (Lipinski definition) is 6. The van der Waals surface area contributed by atoms with Gasteiger partial charge in [0.05, 0.1) is 31.0 Å². The molecule has 2 rings (SSSR count). The first-order valence-corrected chi connectivity index (χ1v) is 19.4. The van der Waals surface area contributed by atoms with Crippen molar-refractivity contribution in [1.82, 2.24) is 0 Å². The number of hydrogen-bond donors (Lipinski definition) is 0. The second-order valence-electron chi connectivity index (χ2n) is 13.8. The molecule has 2 aliphatic rings. The molecule has 6 nitrogen and oxygen atoms in total. The van der Waals surface area contributed by atoms with Gasteiger partial charge < -0.3 is 23.1 Å². The maximum Gasteiger partial charge on any atom is 0.192 e. The Hall–Kier alpha value is -0.0962. The van der Waals surface area contributed by atoms with Crippen LogP contribution in [0.25, 0.3) is 0 Å². The summed E-state index contributed by atoms with van der Waals surface area (Å²) >= 11 is 0. The highest BCUT2D eigenvalue weighted by molar-refractivity contribution is 6.74. The lowest BCUT2D eigenvalue weighted by molar-refractivity contribution is -0.340. The van der Waals surface area contributed by atoms with Crippen LogP contribution in [-0.4, -0.2) is 66.3 Å². The van der Waals surface area contributed by atoms with Gasteiger partial charge in [0.2, 0.25) is 0 Å². The Kier molecular flexibility index (Phi) is 10.1. The summed E-state index contributed by atoms with van der Waals surface area (Å²) in [6, 6.07) is 0. The molecular weight excluding hydrogens is 476 g/mol. The topological polar surface area (TPSA) is 63.2 Å². The van der Waals surface area contributed by atoms with Crippen LogP contribution < -0.4 is 0 Å². The minimum absolute atomic E-state index is 0.00742. The number of carbonyl (C=O) groups is 1. The van der Waals surface area contributed by atoms with E-state index in [2.05, 4.69) is 67.7 Å². The zero-order valence-corrected chi connectivity index (χ0v) is 26.7. The molecule has 0 bridgehead atoms. The normalized spacial score (nSPS) is 31.1. The first kappa shape index (κ1) is 31.1. The van der Waals surface area contributed by atoms with Crippen LogP contribution in [0.3, 0.4) is 0 Å². The van der Waals surface area contributed by atoms with Gasteiger partial charge in [0.25, 0.3) is 0 Å². The Morgan fingerprint density at radius 1 is 0.886 bits per heavy atom. The van der Waals surface area contributed by atoms with Gasteiger partial charge in [-0.15, -0.1) is 0 Å². The standard InChI is InChI=1S/C27H54O6Si2/c1-13-20(28)14-21-15-22(29-8)17-27(31-21)18-23(33-35(11,12)26(5,6)7)16-24(32-27)19-30-34(9,10)25(2,3)4/h21-24H,13-19H2,1-12H3/t21-,22+,23+,24-,27-/m1/s1. The lowest BCUT2D eigenvalue weighted by atomic mass is 9.88. The summed E-state index contributed by atoms with van der Waals surface area (Å²) < 4.78 is 32.8. The second kappa shape index (κ2) is 11.3. The number of ketones is 1. The number of carbonyl (C=O) groups excluding carboxylic acids is 1. The maximum absolute atomic E-state index is 12.3. The van der Waals surface area contributed by atoms with Crippen molar-refractivity contribution in [3.8, 4) is 0 Å². The lowest BCUT2D eigenvalue weighted by Crippen LogP contribution is -2.58. The molecule has 5 atom stereocenters. The van der Waals surface area contributed by atoms with Gasteiger partial charge in [-0.25, -0.2) is 0 Å². The number of Topliss-reactive ketones (excluding diaryl/α,β-unsaturated/α-hetero) is 1. The SMILES string of the molecule is CCC(=O)C[C@@H]1C[C@H](OC)C[C@@]2(C[C@@H](O[Si](C)(C)C(C)(C)C)C[C@H](CO[Si](C)(C)C(C)(C)C)O2)O1. The molecule has 0 N–H and O–H groups in total. The van der Waals surface area contributed by atoms with Crippen LogP contribution >= 0.6 is 0 Å². The van der Waals surface area contributed by atoms with Crippen LogP contribution in [0, 0.1) is 0 Å². The molecule has 0 unspecified atom stereocenters. The Bertz CT molecular complexity index is 711. The summed E-state index contributed by atoms with van der Waals surface area (Å²) in [6.07, 6.45) is 3.44. The summed E-state index contributed by atoms with van der Waals surface area (Å²) in [5, 5.41) is 0.245. The fourth-order valence-corrected chi connectivity index (χ4v) is 6.86. The van der Waals surface area contributed by atoms with Crippen LogP contribution in [0.15, 0.2) is 0 Å². The third-order valence-corrected chi connectivity index (χ3v) is 17.8. The van der Waals surface area contributed by atoms with E-state index in [0.717, 1.165) is 6.42 Å². The molecule has 0 aliphatic carbocycles. The van der Waals surface area contributed by atoms with E-state index in [1.54, 1.807) is 7.11 Å². The van der Waals surface area contributed by atoms with E-state index in [9.17, 15) is 4.79 Å². The van der Waals surface area contributed by atoms with E-state index in [4.69, 9.17) is 23.1 Å². The van der Waals surface area contributed by atoms with Crippen molar-refractivity contribution in [3.05, 3.63) is 0 Å². The molecule has 0 aromatic heterocycles. The molecule has 0 aromatic carbocycles. The van der Waals surface area contributed by atoms with Crippen molar-refractivity contribution in [3.63, 3.8) is 0 Å². The Balaban J connectivity index is 2.31. The number of ether oxygens (including phenoxy) is 3. The van der Waals surface area contributed by atoms with Gasteiger partial charge in [-0.2, -0.15) is 0 Å². The molecule has 2 saturated heterocycles. The largest absolute Gasteiger partial charge is 0.414 e. The zero-order valence-electron chi connectivity index (χ0n) is 24.7. The molecule has 2 fully saturated rings. The highest BCUT2D eigenvalue weighted by Crippen LogP contribution is 2.45. The molecule has 0 amide bonds. The van der Waals surface area contributed by atoms with E-state index in [-0.39, 0.29) is 40.3 Å². The summed E-state index contributed by atoms with van der Waals surface area (Å²) in [6.45, 7) is 25.2. The molecule has 1 spiro atoms. The average molecular weight is 531 g/mol. The molecule has 2 aliphatic heterocycles. The van der Waals surface area contributed by atoms with Crippen molar-refractivity contribution in [1.29, 1.82) is 0 Å². The molecular formula is C27H54O6Si2. The van der Waals surface area contributed by atoms with Crippen molar-refractivity contribution in [2.24, 2.45) is 0 Å². The molecule has 35 heavy (non-hydrogen) atoms. The van der Waals surface area contributed by atoms with Gasteiger partial charge in [-0.3, -0.25) is 4.79 Å². The fraction of sp³-hybridized carbons (Fsp3) is 0.963. The van der Waals surface area contributed by atoms with E-state index in [1.165, 1.54) is 0 Å². The minimum atomic E-state index is -1.99. The van der Waals surface area contributed by atoms with Crippen molar-refractivity contribution >= 4 is 22.4 Å². The van der Waals surface area contributed by atoms with Gasteiger partial charge in [0, 0.05) is 45.6 Å². The smallest absolute Gasteiger partial charge is 0.192 e. The monoisotopic (exact) mass is 530 g/mol. The Morgan fingerprint density at radius 3 is 1.91 bits per heavy atom. The van der Waals surface area contributed by atoms with E-state index >= 15 is 0 Å². The van der Waals surface area contributed by atoms with Crippen molar-refractivity contribution in [2.75, 3.05) is 13.7 Å². The van der Waals surface area contributed by atoms with Crippen molar-refractivity contribution in [2.45, 2.75) is 153 Å². The first-order chi connectivity index (χ1) is 15.8. The number of methoxy groups -OCH3 is 1. The van der Waals surface area contributed by atoms with Gasteiger partial charge in [-0.05, 0) is 36.3 Å². The highest BCUT2D eigenvalue weighted by atomic mass is 28.4. The quantitative estimate of drug-likeness (QED) is 0.304. The van der Waals surface area contributed by atoms with Crippen LogP contribution in [0.4, 0.5) is 0 Å². The summed E-state index contributed by atoms with van der Waals surface area (Å²) in [5.74, 6) is -0.603. The van der Waals surface area contributed by atoms with Gasteiger partial charge in [0.1, 0.15) is 5.78 Å². The van der Waals surface area contributed by atoms with Gasteiger partial charge in [0.15, 0.2) is 22.4 Å². The second-order valence-corrected chi connectivity index (χ2v) is 23.4. The minimum Gasteiger partial charge on any atom is -0.414 e. The van der Waals surface area contributed by atoms with E-state index in [1.807, 2.05) is 6.92 Å². The molecule has 2 heterocycles. The van der Waals surface area contributed by atoms with Gasteiger partial charge in [-0.1, -0.05) is 48.5 Å². The molecule has 0 aromatic rings. The zero-order chi connectivity index (χ0) is 26.9. The first-order valence-electron chi connectivity index (χ1n) is 13.5. The van der Waals surface area contributed by atoms with Crippen LogP contribution in [0.1, 0.15) is 87.0 Å². The van der Waals surface area contributed by atoms with Crippen LogP contribution in [0.5, 0.6) is 0 Å². The fourth-order valence-electron chi connectivity index (χ4n) is 4.46. The van der Waals surface area contributed by atoms with E-state index in [0.29, 0.717) is 38.7 Å². The number of rotatable bonds is 9. The molecule has 8 heteroatoms. The predicted molar refractivity (Wildman–Crippen MR) is 147 cm³/mol. The molecule has 206 valence electrons. The molecule has 0 radical (unpaired) electrons. The maximum atomic E-state index is 12.3. The summed E-state index contributed by atoms with van der Waals surface area (Å²) in [5.41, 5.74) is 0. The van der Waals surface area contributed by atoms with Crippen molar-refractivity contribution < 1.29 is 27.9 Å². The van der Waals surface area contributed by atoms with E-state index < -0.39 is 22.4 Å². The Morgan fingerprint density at radius 2 is 1.40 bits per heavy atom. The third-order valence-electron chi connectivity index (χ3n) is 8.78. The third kappa shape index (κ3) is 8.19. The Labute approximate surface area is 217 Å². The van der Waals surface area contributed by atoms with Crippen LogP contribution in [0.2, 0.25) is 36.3 Å². The summed E-state index contributed by atoms with van der Waals surface area (Å²) in [7, 11) is -2.18. The highest BCUT2D eigenvalue weighted by Gasteiger charge is 2.51. The van der Waals surface area contributed by atoms with Gasteiger partial charge >= 0.3 is 0 Å².